The summed E-state index contributed by atoms with van der Waals surface area (Å²) in [5.74, 6) is 0.974. The van der Waals surface area contributed by atoms with Crippen molar-refractivity contribution in [3.8, 4) is 0 Å². The smallest absolute Gasteiger partial charge is 0.0541 e. The standard InChI is InChI=1S/C16H18ClNS/c1-2-18-15(13-8-4-3-5-9-13)12-19-16-11-7-6-10-14(16)17/h3-11,15,18H,2,12H2,1H3. The molecule has 0 aliphatic rings. The summed E-state index contributed by atoms with van der Waals surface area (Å²) in [4.78, 5) is 1.14. The van der Waals surface area contributed by atoms with Crippen molar-refractivity contribution < 1.29 is 0 Å². The zero-order valence-corrected chi connectivity index (χ0v) is 12.5. The predicted molar refractivity (Wildman–Crippen MR) is 85.0 cm³/mol. The summed E-state index contributed by atoms with van der Waals surface area (Å²) >= 11 is 7.99. The summed E-state index contributed by atoms with van der Waals surface area (Å²) in [6.07, 6.45) is 0. The van der Waals surface area contributed by atoms with Gasteiger partial charge in [-0.25, -0.2) is 0 Å². The lowest BCUT2D eigenvalue weighted by Crippen LogP contribution is -2.22. The maximum absolute atomic E-state index is 6.19. The number of thioether (sulfide) groups is 1. The monoisotopic (exact) mass is 291 g/mol. The molecular formula is C16H18ClNS. The van der Waals surface area contributed by atoms with Crippen LogP contribution in [0.2, 0.25) is 5.02 Å². The molecule has 0 saturated carbocycles. The van der Waals surface area contributed by atoms with Gasteiger partial charge in [0.1, 0.15) is 0 Å². The van der Waals surface area contributed by atoms with E-state index in [0.29, 0.717) is 6.04 Å². The lowest BCUT2D eigenvalue weighted by molar-refractivity contribution is 0.606. The Kier molecular flexibility index (Phi) is 5.77. The van der Waals surface area contributed by atoms with Crippen LogP contribution in [0.15, 0.2) is 59.5 Å². The molecule has 0 bridgehead atoms. The van der Waals surface area contributed by atoms with Crippen LogP contribution in [0.25, 0.3) is 0 Å². The molecule has 1 nitrogen and oxygen atoms in total. The van der Waals surface area contributed by atoms with Gasteiger partial charge in [0.2, 0.25) is 0 Å². The molecule has 0 radical (unpaired) electrons. The summed E-state index contributed by atoms with van der Waals surface area (Å²) in [5, 5.41) is 4.35. The van der Waals surface area contributed by atoms with Gasteiger partial charge in [-0.1, -0.05) is 61.0 Å². The van der Waals surface area contributed by atoms with Crippen LogP contribution >= 0.6 is 23.4 Å². The Hall–Kier alpha value is -0.960. The lowest BCUT2D eigenvalue weighted by Gasteiger charge is -2.18. The molecule has 0 heterocycles. The SMILES string of the molecule is CCNC(CSc1ccccc1Cl)c1ccccc1. The van der Waals surface area contributed by atoms with Crippen LogP contribution in [0, 0.1) is 0 Å². The molecule has 2 rings (SSSR count). The van der Waals surface area contributed by atoms with Gasteiger partial charge in [-0.3, -0.25) is 0 Å². The maximum atomic E-state index is 6.19. The van der Waals surface area contributed by atoms with Crippen LogP contribution in [0.1, 0.15) is 18.5 Å². The quantitative estimate of drug-likeness (QED) is 0.769. The average Bonchev–Trinajstić information content (AvgIpc) is 2.46. The third-order valence-electron chi connectivity index (χ3n) is 2.89. The molecule has 0 saturated heterocycles. The van der Waals surface area contributed by atoms with Crippen LogP contribution in [0.3, 0.4) is 0 Å². The van der Waals surface area contributed by atoms with Crippen molar-refractivity contribution in [2.45, 2.75) is 17.9 Å². The molecule has 0 amide bonds. The van der Waals surface area contributed by atoms with Crippen molar-refractivity contribution in [1.29, 1.82) is 0 Å². The summed E-state index contributed by atoms with van der Waals surface area (Å²) in [7, 11) is 0. The Morgan fingerprint density at radius 1 is 1.05 bits per heavy atom. The van der Waals surface area contributed by atoms with Gasteiger partial charge in [-0.2, -0.15) is 0 Å². The van der Waals surface area contributed by atoms with Gasteiger partial charge in [-0.05, 0) is 24.2 Å². The topological polar surface area (TPSA) is 12.0 Å². The van der Waals surface area contributed by atoms with E-state index in [2.05, 4.69) is 42.6 Å². The highest BCUT2D eigenvalue weighted by atomic mass is 35.5. The van der Waals surface area contributed by atoms with Gasteiger partial charge in [0.15, 0.2) is 0 Å². The Labute approximate surface area is 124 Å². The van der Waals surface area contributed by atoms with Gasteiger partial charge in [-0.15, -0.1) is 11.8 Å². The second-order valence-corrected chi connectivity index (χ2v) is 5.73. The van der Waals surface area contributed by atoms with E-state index in [4.69, 9.17) is 11.6 Å². The average molecular weight is 292 g/mol. The third kappa shape index (κ3) is 4.27. The maximum Gasteiger partial charge on any atom is 0.0541 e. The zero-order chi connectivity index (χ0) is 13.5. The summed E-state index contributed by atoms with van der Waals surface area (Å²) in [6.45, 7) is 3.10. The van der Waals surface area contributed by atoms with Crippen molar-refractivity contribution in [3.05, 3.63) is 65.2 Å². The van der Waals surface area contributed by atoms with E-state index in [9.17, 15) is 0 Å². The van der Waals surface area contributed by atoms with Crippen molar-refractivity contribution in [2.24, 2.45) is 0 Å². The third-order valence-corrected chi connectivity index (χ3v) is 4.50. The Bertz CT molecular complexity index is 501. The fourth-order valence-corrected chi connectivity index (χ4v) is 3.28. The molecule has 100 valence electrons. The molecule has 3 heteroatoms. The first-order valence-electron chi connectivity index (χ1n) is 6.47. The second-order valence-electron chi connectivity index (χ2n) is 4.26. The van der Waals surface area contributed by atoms with Crippen molar-refractivity contribution in [2.75, 3.05) is 12.3 Å². The van der Waals surface area contributed by atoms with Gasteiger partial charge in [0, 0.05) is 16.7 Å². The van der Waals surface area contributed by atoms with Crippen molar-refractivity contribution >= 4 is 23.4 Å². The minimum Gasteiger partial charge on any atom is -0.309 e. The van der Waals surface area contributed by atoms with Crippen LogP contribution in [0.4, 0.5) is 0 Å². The van der Waals surface area contributed by atoms with Crippen LogP contribution in [0.5, 0.6) is 0 Å². The molecule has 0 aromatic heterocycles. The lowest BCUT2D eigenvalue weighted by atomic mass is 10.1. The van der Waals surface area contributed by atoms with E-state index in [1.165, 1.54) is 5.56 Å². The molecule has 0 aliphatic carbocycles. The minimum atomic E-state index is 0.354. The molecule has 1 N–H and O–H groups in total. The molecule has 0 fully saturated rings. The van der Waals surface area contributed by atoms with Gasteiger partial charge in [0.05, 0.1) is 5.02 Å². The molecular weight excluding hydrogens is 274 g/mol. The van der Waals surface area contributed by atoms with E-state index >= 15 is 0 Å². The molecule has 1 unspecified atom stereocenters. The highest BCUT2D eigenvalue weighted by molar-refractivity contribution is 7.99. The fourth-order valence-electron chi connectivity index (χ4n) is 1.94. The van der Waals surface area contributed by atoms with E-state index in [1.54, 1.807) is 11.8 Å². The first-order chi connectivity index (χ1) is 9.31. The zero-order valence-electron chi connectivity index (χ0n) is 11.0. The van der Waals surface area contributed by atoms with Crippen LogP contribution in [-0.4, -0.2) is 12.3 Å². The highest BCUT2D eigenvalue weighted by Gasteiger charge is 2.11. The molecule has 1 atom stereocenters. The predicted octanol–water partition coefficient (Wildman–Crippen LogP) is 4.78. The van der Waals surface area contributed by atoms with Gasteiger partial charge in [0.25, 0.3) is 0 Å². The fraction of sp³-hybridized carbons (Fsp3) is 0.250. The highest BCUT2D eigenvalue weighted by Crippen LogP contribution is 2.30. The number of benzene rings is 2. The van der Waals surface area contributed by atoms with Crippen molar-refractivity contribution in [3.63, 3.8) is 0 Å². The Morgan fingerprint density at radius 2 is 1.74 bits per heavy atom. The van der Waals surface area contributed by atoms with Crippen LogP contribution < -0.4 is 5.32 Å². The Balaban J connectivity index is 2.04. The van der Waals surface area contributed by atoms with Gasteiger partial charge >= 0.3 is 0 Å². The molecule has 19 heavy (non-hydrogen) atoms. The van der Waals surface area contributed by atoms with Gasteiger partial charge < -0.3 is 5.32 Å². The van der Waals surface area contributed by atoms with E-state index in [1.807, 2.05) is 24.3 Å². The number of hydrogen-bond donors (Lipinski definition) is 1. The van der Waals surface area contributed by atoms with E-state index in [0.717, 1.165) is 22.2 Å². The number of hydrogen-bond acceptors (Lipinski definition) is 2. The molecule has 2 aromatic rings. The van der Waals surface area contributed by atoms with E-state index in [-0.39, 0.29) is 0 Å². The molecule has 0 aliphatic heterocycles. The Morgan fingerprint density at radius 3 is 2.42 bits per heavy atom. The number of halogens is 1. The summed E-state index contributed by atoms with van der Waals surface area (Å²) in [5.41, 5.74) is 1.32. The van der Waals surface area contributed by atoms with Crippen molar-refractivity contribution in [1.82, 2.24) is 5.32 Å². The first kappa shape index (κ1) is 14.4. The summed E-state index contributed by atoms with van der Waals surface area (Å²) in [6, 6.07) is 18.9. The second kappa shape index (κ2) is 7.59. The summed E-state index contributed by atoms with van der Waals surface area (Å²) < 4.78 is 0. The first-order valence-corrected chi connectivity index (χ1v) is 7.83. The molecule has 0 spiro atoms. The largest absolute Gasteiger partial charge is 0.309 e. The number of nitrogens with one attached hydrogen (secondary N) is 1. The normalized spacial score (nSPS) is 12.3. The molecule has 2 aromatic carbocycles. The minimum absolute atomic E-state index is 0.354. The number of rotatable bonds is 6. The van der Waals surface area contributed by atoms with E-state index < -0.39 is 0 Å². The van der Waals surface area contributed by atoms with Crippen LogP contribution in [-0.2, 0) is 0 Å².